The normalized spacial score (nSPS) is 13.3. The number of hydrogen-bond acceptors (Lipinski definition) is 3. The van der Waals surface area contributed by atoms with Crippen LogP contribution in [0.3, 0.4) is 0 Å². The predicted molar refractivity (Wildman–Crippen MR) is 54.7 cm³/mol. The Bertz CT molecular complexity index is 387. The van der Waals surface area contributed by atoms with Gasteiger partial charge in [0.1, 0.15) is 11.3 Å². The van der Waals surface area contributed by atoms with Gasteiger partial charge in [-0.3, -0.25) is 0 Å². The molecule has 14 heavy (non-hydrogen) atoms. The molecule has 0 fully saturated rings. The first-order valence-electron chi connectivity index (χ1n) is 4.26. The summed E-state index contributed by atoms with van der Waals surface area (Å²) in [6.07, 6.45) is 0.834. The Morgan fingerprint density at radius 1 is 1.57 bits per heavy atom. The highest BCUT2D eigenvalue weighted by molar-refractivity contribution is 9.10. The van der Waals surface area contributed by atoms with E-state index in [4.69, 9.17) is 4.74 Å². The molecule has 4 heteroatoms. The van der Waals surface area contributed by atoms with E-state index >= 15 is 0 Å². The molecule has 0 amide bonds. The molecule has 0 radical (unpaired) electrons. The van der Waals surface area contributed by atoms with Crippen LogP contribution in [0.25, 0.3) is 0 Å². The SMILES string of the molecule is COC(=O)c1ccc(Br)c2c1OCC2. The minimum Gasteiger partial charge on any atom is -0.492 e. The fourth-order valence-corrected chi connectivity index (χ4v) is 2.04. The van der Waals surface area contributed by atoms with Gasteiger partial charge in [-0.2, -0.15) is 0 Å². The Balaban J connectivity index is 2.53. The Morgan fingerprint density at radius 3 is 3.07 bits per heavy atom. The summed E-state index contributed by atoms with van der Waals surface area (Å²) in [5, 5.41) is 0. The largest absolute Gasteiger partial charge is 0.492 e. The topological polar surface area (TPSA) is 35.5 Å². The first kappa shape index (κ1) is 9.52. The van der Waals surface area contributed by atoms with Crippen LogP contribution in [0, 0.1) is 0 Å². The zero-order valence-electron chi connectivity index (χ0n) is 7.67. The van der Waals surface area contributed by atoms with Crippen molar-refractivity contribution in [3.05, 3.63) is 27.7 Å². The number of carbonyl (C=O) groups is 1. The van der Waals surface area contributed by atoms with E-state index in [0.29, 0.717) is 17.9 Å². The lowest BCUT2D eigenvalue weighted by Crippen LogP contribution is -2.03. The summed E-state index contributed by atoms with van der Waals surface area (Å²) in [7, 11) is 1.37. The number of hydrogen-bond donors (Lipinski definition) is 0. The Labute approximate surface area is 90.1 Å². The van der Waals surface area contributed by atoms with Gasteiger partial charge >= 0.3 is 5.97 Å². The monoisotopic (exact) mass is 256 g/mol. The molecule has 0 saturated heterocycles. The van der Waals surface area contributed by atoms with Crippen LogP contribution in [0.2, 0.25) is 0 Å². The van der Waals surface area contributed by atoms with E-state index < -0.39 is 0 Å². The average molecular weight is 257 g/mol. The molecular formula is C10H9BrO3. The predicted octanol–water partition coefficient (Wildman–Crippen LogP) is 2.17. The van der Waals surface area contributed by atoms with Crippen molar-refractivity contribution in [2.24, 2.45) is 0 Å². The molecule has 0 N–H and O–H groups in total. The van der Waals surface area contributed by atoms with Gasteiger partial charge in [-0.15, -0.1) is 0 Å². The molecule has 74 valence electrons. The zero-order valence-corrected chi connectivity index (χ0v) is 9.26. The van der Waals surface area contributed by atoms with Crippen molar-refractivity contribution in [3.8, 4) is 5.75 Å². The van der Waals surface area contributed by atoms with Crippen LogP contribution in [0.1, 0.15) is 15.9 Å². The Hall–Kier alpha value is -1.03. The van der Waals surface area contributed by atoms with Crippen molar-refractivity contribution in [1.29, 1.82) is 0 Å². The van der Waals surface area contributed by atoms with Gasteiger partial charge in [0.05, 0.1) is 13.7 Å². The van der Waals surface area contributed by atoms with Crippen LogP contribution >= 0.6 is 15.9 Å². The van der Waals surface area contributed by atoms with Crippen molar-refractivity contribution in [1.82, 2.24) is 0 Å². The smallest absolute Gasteiger partial charge is 0.341 e. The minimum absolute atomic E-state index is 0.351. The molecule has 0 atom stereocenters. The van der Waals surface area contributed by atoms with Gasteiger partial charge in [-0.05, 0) is 12.1 Å². The highest BCUT2D eigenvalue weighted by Crippen LogP contribution is 2.35. The lowest BCUT2D eigenvalue weighted by Gasteiger charge is -2.06. The van der Waals surface area contributed by atoms with E-state index in [0.717, 1.165) is 16.5 Å². The summed E-state index contributed by atoms with van der Waals surface area (Å²) in [4.78, 5) is 11.4. The second kappa shape index (κ2) is 3.61. The molecule has 0 spiro atoms. The van der Waals surface area contributed by atoms with E-state index in [9.17, 15) is 4.79 Å². The molecule has 1 heterocycles. The molecular weight excluding hydrogens is 248 g/mol. The van der Waals surface area contributed by atoms with Crippen molar-refractivity contribution >= 4 is 21.9 Å². The lowest BCUT2D eigenvalue weighted by atomic mass is 10.1. The van der Waals surface area contributed by atoms with E-state index in [-0.39, 0.29) is 5.97 Å². The standard InChI is InChI=1S/C10H9BrO3/c1-13-10(12)7-2-3-8(11)6-4-5-14-9(6)7/h2-3H,4-5H2,1H3. The summed E-state index contributed by atoms with van der Waals surface area (Å²) in [5.74, 6) is 0.307. The quantitative estimate of drug-likeness (QED) is 0.723. The highest BCUT2D eigenvalue weighted by atomic mass is 79.9. The van der Waals surface area contributed by atoms with Gasteiger partial charge in [0, 0.05) is 16.5 Å². The first-order chi connectivity index (χ1) is 6.74. The number of fused-ring (bicyclic) bond motifs is 1. The summed E-state index contributed by atoms with van der Waals surface area (Å²) in [5.41, 5.74) is 1.55. The fraction of sp³-hybridized carbons (Fsp3) is 0.300. The second-order valence-corrected chi connectivity index (χ2v) is 3.85. The molecule has 0 unspecified atom stereocenters. The van der Waals surface area contributed by atoms with Crippen LogP contribution in [0.4, 0.5) is 0 Å². The molecule has 2 rings (SSSR count). The van der Waals surface area contributed by atoms with Crippen molar-refractivity contribution in [3.63, 3.8) is 0 Å². The van der Waals surface area contributed by atoms with Gasteiger partial charge in [0.25, 0.3) is 0 Å². The van der Waals surface area contributed by atoms with Crippen molar-refractivity contribution < 1.29 is 14.3 Å². The Kier molecular flexibility index (Phi) is 2.46. The maximum absolute atomic E-state index is 11.4. The van der Waals surface area contributed by atoms with Crippen molar-refractivity contribution in [2.45, 2.75) is 6.42 Å². The molecule has 1 aromatic rings. The van der Waals surface area contributed by atoms with E-state index in [2.05, 4.69) is 20.7 Å². The molecule has 0 saturated carbocycles. The number of esters is 1. The molecule has 0 bridgehead atoms. The third-order valence-corrected chi connectivity index (χ3v) is 2.95. The first-order valence-corrected chi connectivity index (χ1v) is 5.06. The maximum atomic E-state index is 11.4. The molecule has 0 aromatic heterocycles. The number of carbonyl (C=O) groups excluding carboxylic acids is 1. The second-order valence-electron chi connectivity index (χ2n) is 2.99. The van der Waals surface area contributed by atoms with Crippen LogP contribution < -0.4 is 4.74 Å². The van der Waals surface area contributed by atoms with Gasteiger partial charge in [0.2, 0.25) is 0 Å². The Morgan fingerprint density at radius 2 is 2.36 bits per heavy atom. The van der Waals surface area contributed by atoms with E-state index in [1.807, 2.05) is 6.07 Å². The third-order valence-electron chi connectivity index (χ3n) is 2.21. The van der Waals surface area contributed by atoms with Crippen molar-refractivity contribution in [2.75, 3.05) is 13.7 Å². The van der Waals surface area contributed by atoms with Crippen LogP contribution in [0.15, 0.2) is 16.6 Å². The summed E-state index contributed by atoms with van der Waals surface area (Å²) >= 11 is 3.42. The van der Waals surface area contributed by atoms with Crippen LogP contribution in [-0.4, -0.2) is 19.7 Å². The van der Waals surface area contributed by atoms with E-state index in [1.54, 1.807) is 6.07 Å². The molecule has 0 aliphatic carbocycles. The molecule has 3 nitrogen and oxygen atoms in total. The maximum Gasteiger partial charge on any atom is 0.341 e. The summed E-state index contributed by atoms with van der Waals surface area (Å²) < 4.78 is 11.1. The lowest BCUT2D eigenvalue weighted by molar-refractivity contribution is 0.0597. The molecule has 1 aromatic carbocycles. The van der Waals surface area contributed by atoms with Crippen LogP contribution in [-0.2, 0) is 11.2 Å². The third kappa shape index (κ3) is 1.39. The van der Waals surface area contributed by atoms with Gasteiger partial charge in [-0.25, -0.2) is 4.79 Å². The van der Waals surface area contributed by atoms with Crippen LogP contribution in [0.5, 0.6) is 5.75 Å². The van der Waals surface area contributed by atoms with Gasteiger partial charge in [0.15, 0.2) is 0 Å². The zero-order chi connectivity index (χ0) is 10.1. The number of benzene rings is 1. The minimum atomic E-state index is -0.351. The van der Waals surface area contributed by atoms with Gasteiger partial charge < -0.3 is 9.47 Å². The van der Waals surface area contributed by atoms with Gasteiger partial charge in [-0.1, -0.05) is 15.9 Å². The summed E-state index contributed by atoms with van der Waals surface area (Å²) in [6, 6.07) is 3.56. The molecule has 1 aliphatic heterocycles. The summed E-state index contributed by atoms with van der Waals surface area (Å²) in [6.45, 7) is 0.627. The number of ether oxygens (including phenoxy) is 2. The fourth-order valence-electron chi connectivity index (χ4n) is 1.53. The number of methoxy groups -OCH3 is 1. The average Bonchev–Trinajstić information content (AvgIpc) is 2.67. The van der Waals surface area contributed by atoms with E-state index in [1.165, 1.54) is 7.11 Å². The highest BCUT2D eigenvalue weighted by Gasteiger charge is 2.23. The molecule has 1 aliphatic rings. The number of rotatable bonds is 1. The number of halogens is 1.